The van der Waals surface area contributed by atoms with Gasteiger partial charge in [-0.05, 0) is 47.2 Å². The van der Waals surface area contributed by atoms with Gasteiger partial charge in [0.05, 0.1) is 0 Å². The highest BCUT2D eigenvalue weighted by molar-refractivity contribution is 6.17. The molecule has 0 unspecified atom stereocenters. The normalized spacial score (nSPS) is 11.4. The second-order valence-corrected chi connectivity index (χ2v) is 6.38. The molecule has 2 heteroatoms. The van der Waals surface area contributed by atoms with E-state index in [2.05, 4.69) is 39.0 Å². The number of aryl methyl sites for hydroxylation is 1. The van der Waals surface area contributed by atoms with Gasteiger partial charge in [0.1, 0.15) is 11.5 Å². The Balaban J connectivity index is 2.26. The quantitative estimate of drug-likeness (QED) is 0.646. The fraction of sp³-hybridized carbons (Fsp3) is 0.333. The summed E-state index contributed by atoms with van der Waals surface area (Å²) in [6, 6.07) is 14.3. The Labute approximate surface area is 126 Å². The Morgan fingerprint density at radius 3 is 2.40 bits per heavy atom. The van der Waals surface area contributed by atoms with E-state index in [0.717, 1.165) is 22.6 Å². The maximum Gasteiger partial charge on any atom is 0.130 e. The van der Waals surface area contributed by atoms with Crippen LogP contribution in [0.5, 0.6) is 11.5 Å². The Morgan fingerprint density at radius 1 is 1.05 bits per heavy atom. The smallest absolute Gasteiger partial charge is 0.130 e. The molecular weight excluding hydrogens is 268 g/mol. The topological polar surface area (TPSA) is 9.23 Å². The predicted octanol–water partition coefficient (Wildman–Crippen LogP) is 5.82. The first kappa shape index (κ1) is 14.9. The Kier molecular flexibility index (Phi) is 4.39. The second kappa shape index (κ2) is 5.88. The number of rotatable bonds is 3. The highest BCUT2D eigenvalue weighted by atomic mass is 35.5. The maximum absolute atomic E-state index is 6.00. The molecule has 0 radical (unpaired) electrons. The zero-order chi connectivity index (χ0) is 14.8. The highest BCUT2D eigenvalue weighted by Crippen LogP contribution is 2.30. The molecule has 0 amide bonds. The summed E-state index contributed by atoms with van der Waals surface area (Å²) in [5.41, 5.74) is 3.60. The second-order valence-electron chi connectivity index (χ2n) is 6.11. The standard InChI is InChI=1S/C18H21ClO/c1-13-10-14(12-19)8-9-17(13)20-16-7-5-6-15(11-16)18(2,3)4/h5-11H,12H2,1-4H3. The third kappa shape index (κ3) is 3.55. The van der Waals surface area contributed by atoms with Gasteiger partial charge in [0.2, 0.25) is 0 Å². The predicted molar refractivity (Wildman–Crippen MR) is 86.0 cm³/mol. The number of hydrogen-bond acceptors (Lipinski definition) is 1. The third-order valence-electron chi connectivity index (χ3n) is 3.32. The lowest BCUT2D eigenvalue weighted by molar-refractivity contribution is 0.475. The van der Waals surface area contributed by atoms with Crippen molar-refractivity contribution >= 4 is 11.6 Å². The SMILES string of the molecule is Cc1cc(CCl)ccc1Oc1cccc(C(C)(C)C)c1. The lowest BCUT2D eigenvalue weighted by atomic mass is 9.87. The molecule has 2 aromatic rings. The van der Waals surface area contributed by atoms with Gasteiger partial charge in [-0.3, -0.25) is 0 Å². The zero-order valence-electron chi connectivity index (χ0n) is 12.5. The average molecular weight is 289 g/mol. The van der Waals surface area contributed by atoms with Crippen molar-refractivity contribution in [2.45, 2.75) is 39.0 Å². The van der Waals surface area contributed by atoms with E-state index in [4.69, 9.17) is 16.3 Å². The molecule has 0 aliphatic heterocycles. The van der Waals surface area contributed by atoms with Crippen molar-refractivity contribution in [1.82, 2.24) is 0 Å². The molecule has 0 heterocycles. The van der Waals surface area contributed by atoms with Crippen LogP contribution in [0.4, 0.5) is 0 Å². The van der Waals surface area contributed by atoms with Gasteiger partial charge in [0.25, 0.3) is 0 Å². The first-order chi connectivity index (χ1) is 9.40. The van der Waals surface area contributed by atoms with Crippen molar-refractivity contribution in [3.8, 4) is 11.5 Å². The van der Waals surface area contributed by atoms with Crippen LogP contribution in [0.15, 0.2) is 42.5 Å². The summed E-state index contributed by atoms with van der Waals surface area (Å²) in [6.07, 6.45) is 0. The number of alkyl halides is 1. The van der Waals surface area contributed by atoms with E-state index in [9.17, 15) is 0 Å². The molecule has 106 valence electrons. The van der Waals surface area contributed by atoms with E-state index < -0.39 is 0 Å². The lowest BCUT2D eigenvalue weighted by Crippen LogP contribution is -2.10. The van der Waals surface area contributed by atoms with Crippen molar-refractivity contribution in [3.05, 3.63) is 59.2 Å². The fourth-order valence-electron chi connectivity index (χ4n) is 2.06. The first-order valence-corrected chi connectivity index (χ1v) is 7.37. The molecule has 0 aliphatic carbocycles. The molecule has 20 heavy (non-hydrogen) atoms. The van der Waals surface area contributed by atoms with Crippen molar-refractivity contribution < 1.29 is 4.74 Å². The first-order valence-electron chi connectivity index (χ1n) is 6.84. The van der Waals surface area contributed by atoms with Crippen molar-refractivity contribution in [2.75, 3.05) is 0 Å². The molecule has 0 aromatic heterocycles. The highest BCUT2D eigenvalue weighted by Gasteiger charge is 2.14. The molecule has 2 rings (SSSR count). The largest absolute Gasteiger partial charge is 0.457 e. The van der Waals surface area contributed by atoms with Gasteiger partial charge in [0.15, 0.2) is 0 Å². The summed E-state index contributed by atoms with van der Waals surface area (Å²) in [5.74, 6) is 2.28. The Bertz CT molecular complexity index is 597. The molecule has 2 aromatic carbocycles. The molecule has 0 aliphatic rings. The maximum atomic E-state index is 6.00. The van der Waals surface area contributed by atoms with Crippen LogP contribution in [0, 0.1) is 6.92 Å². The lowest BCUT2D eigenvalue weighted by Gasteiger charge is -2.20. The van der Waals surface area contributed by atoms with Crippen molar-refractivity contribution in [3.63, 3.8) is 0 Å². The van der Waals surface area contributed by atoms with Gasteiger partial charge in [-0.1, -0.05) is 45.0 Å². The van der Waals surface area contributed by atoms with E-state index in [-0.39, 0.29) is 5.41 Å². The molecule has 1 nitrogen and oxygen atoms in total. The van der Waals surface area contributed by atoms with Gasteiger partial charge in [-0.25, -0.2) is 0 Å². The minimum absolute atomic E-state index is 0.122. The number of hydrogen-bond donors (Lipinski definition) is 0. The summed E-state index contributed by atoms with van der Waals surface area (Å²) >= 11 is 5.84. The van der Waals surface area contributed by atoms with Crippen LogP contribution in [0.3, 0.4) is 0 Å². The van der Waals surface area contributed by atoms with Crippen LogP contribution < -0.4 is 4.74 Å². The van der Waals surface area contributed by atoms with E-state index in [0.29, 0.717) is 5.88 Å². The summed E-state index contributed by atoms with van der Waals surface area (Å²) in [4.78, 5) is 0. The van der Waals surface area contributed by atoms with E-state index in [1.54, 1.807) is 0 Å². The minimum Gasteiger partial charge on any atom is -0.457 e. The monoisotopic (exact) mass is 288 g/mol. The van der Waals surface area contributed by atoms with E-state index in [1.807, 2.05) is 31.2 Å². The van der Waals surface area contributed by atoms with E-state index >= 15 is 0 Å². The third-order valence-corrected chi connectivity index (χ3v) is 3.63. The molecule has 0 saturated carbocycles. The Morgan fingerprint density at radius 2 is 1.80 bits per heavy atom. The van der Waals surface area contributed by atoms with Crippen molar-refractivity contribution in [1.29, 1.82) is 0 Å². The van der Waals surface area contributed by atoms with Gasteiger partial charge < -0.3 is 4.74 Å². The Hall–Kier alpha value is -1.47. The van der Waals surface area contributed by atoms with E-state index in [1.165, 1.54) is 5.56 Å². The number of benzene rings is 2. The molecular formula is C18H21ClO. The number of halogens is 1. The van der Waals surface area contributed by atoms with Crippen LogP contribution >= 0.6 is 11.6 Å². The molecule has 0 bridgehead atoms. The summed E-state index contributed by atoms with van der Waals surface area (Å²) in [5, 5.41) is 0. The van der Waals surface area contributed by atoms with Crippen LogP contribution in [0.1, 0.15) is 37.5 Å². The summed E-state index contributed by atoms with van der Waals surface area (Å²) in [7, 11) is 0. The van der Waals surface area contributed by atoms with Crippen LogP contribution in [0.2, 0.25) is 0 Å². The van der Waals surface area contributed by atoms with Gasteiger partial charge in [-0.15, -0.1) is 11.6 Å². The number of ether oxygens (including phenoxy) is 1. The molecule has 0 saturated heterocycles. The van der Waals surface area contributed by atoms with Crippen LogP contribution in [0.25, 0.3) is 0 Å². The molecule has 0 spiro atoms. The molecule has 0 atom stereocenters. The van der Waals surface area contributed by atoms with Gasteiger partial charge in [0, 0.05) is 5.88 Å². The zero-order valence-corrected chi connectivity index (χ0v) is 13.3. The van der Waals surface area contributed by atoms with Gasteiger partial charge >= 0.3 is 0 Å². The minimum atomic E-state index is 0.122. The fourth-order valence-corrected chi connectivity index (χ4v) is 2.23. The van der Waals surface area contributed by atoms with Crippen LogP contribution in [-0.4, -0.2) is 0 Å². The average Bonchev–Trinajstić information content (AvgIpc) is 2.40. The summed E-state index contributed by atoms with van der Waals surface area (Å²) < 4.78 is 6.00. The summed E-state index contributed by atoms with van der Waals surface area (Å²) in [6.45, 7) is 8.64. The molecule has 0 N–H and O–H groups in total. The van der Waals surface area contributed by atoms with Crippen molar-refractivity contribution in [2.24, 2.45) is 0 Å². The van der Waals surface area contributed by atoms with Gasteiger partial charge in [-0.2, -0.15) is 0 Å². The molecule has 0 fully saturated rings. The van der Waals surface area contributed by atoms with Crippen LogP contribution in [-0.2, 0) is 11.3 Å².